The van der Waals surface area contributed by atoms with E-state index in [1.54, 1.807) is 13.8 Å². The van der Waals surface area contributed by atoms with Gasteiger partial charge in [-0.15, -0.1) is 10.2 Å². The fourth-order valence-electron chi connectivity index (χ4n) is 1.34. The number of carbonyl (C=O) groups excluding carboxylic acids is 2. The summed E-state index contributed by atoms with van der Waals surface area (Å²) < 4.78 is 0.715. The van der Waals surface area contributed by atoms with Crippen molar-refractivity contribution >= 4 is 40.2 Å². The highest BCUT2D eigenvalue weighted by molar-refractivity contribution is 8.02. The van der Waals surface area contributed by atoms with Crippen molar-refractivity contribution < 1.29 is 9.59 Å². The van der Waals surface area contributed by atoms with E-state index in [4.69, 9.17) is 0 Å². The van der Waals surface area contributed by atoms with E-state index in [1.165, 1.54) is 35.9 Å². The van der Waals surface area contributed by atoms with Gasteiger partial charge in [-0.3, -0.25) is 10.1 Å². The molecule has 3 N–H and O–H groups in total. The number of hydrogen-bond donors (Lipinski definition) is 3. The van der Waals surface area contributed by atoms with Gasteiger partial charge < -0.3 is 10.6 Å². The number of anilines is 1. The highest BCUT2D eigenvalue weighted by Gasteiger charge is 2.23. The minimum atomic E-state index is -0.474. The van der Waals surface area contributed by atoms with Crippen molar-refractivity contribution in [2.45, 2.75) is 42.3 Å². The second kappa shape index (κ2) is 6.89. The maximum absolute atomic E-state index is 11.8. The summed E-state index contributed by atoms with van der Waals surface area (Å²) in [4.78, 5) is 23.0. The van der Waals surface area contributed by atoms with Crippen LogP contribution in [0.15, 0.2) is 4.34 Å². The Hall–Kier alpha value is -1.35. The van der Waals surface area contributed by atoms with Gasteiger partial charge in [-0.25, -0.2) is 4.79 Å². The van der Waals surface area contributed by atoms with Crippen molar-refractivity contribution in [1.82, 2.24) is 20.8 Å². The van der Waals surface area contributed by atoms with Crippen LogP contribution < -0.4 is 16.0 Å². The van der Waals surface area contributed by atoms with Gasteiger partial charge in [0, 0.05) is 12.6 Å². The molecule has 0 radical (unpaired) electrons. The monoisotopic (exact) mass is 315 g/mol. The average Bonchev–Trinajstić information content (AvgIpc) is 3.09. The molecule has 1 aliphatic rings. The van der Waals surface area contributed by atoms with E-state index >= 15 is 0 Å². The zero-order valence-electron chi connectivity index (χ0n) is 11.3. The van der Waals surface area contributed by atoms with Gasteiger partial charge in [0.05, 0.1) is 5.25 Å². The molecule has 1 unspecified atom stereocenters. The molecule has 1 fully saturated rings. The lowest BCUT2D eigenvalue weighted by Gasteiger charge is -2.09. The molecule has 1 aliphatic carbocycles. The lowest BCUT2D eigenvalue weighted by Crippen LogP contribution is -2.42. The number of amides is 3. The second-order valence-electron chi connectivity index (χ2n) is 4.40. The minimum Gasteiger partial charge on any atom is -0.357 e. The normalized spacial score (nSPS) is 15.5. The van der Waals surface area contributed by atoms with Gasteiger partial charge in [0.25, 0.3) is 0 Å². The molecular weight excluding hydrogens is 298 g/mol. The molecule has 1 aromatic heterocycles. The van der Waals surface area contributed by atoms with E-state index in [-0.39, 0.29) is 5.91 Å². The fourth-order valence-corrected chi connectivity index (χ4v) is 3.31. The van der Waals surface area contributed by atoms with Crippen LogP contribution >= 0.6 is 23.1 Å². The third-order valence-corrected chi connectivity index (χ3v) is 4.57. The Morgan fingerprint density at radius 2 is 2.20 bits per heavy atom. The van der Waals surface area contributed by atoms with Crippen molar-refractivity contribution in [1.29, 1.82) is 0 Å². The van der Waals surface area contributed by atoms with Crippen LogP contribution in [0.25, 0.3) is 0 Å². The van der Waals surface area contributed by atoms with Crippen LogP contribution in [0.1, 0.15) is 26.7 Å². The zero-order chi connectivity index (χ0) is 14.5. The van der Waals surface area contributed by atoms with Crippen molar-refractivity contribution in [3.63, 3.8) is 0 Å². The molecule has 2 rings (SSSR count). The van der Waals surface area contributed by atoms with Crippen LogP contribution in [0.3, 0.4) is 0 Å². The Balaban J connectivity index is 1.80. The molecule has 0 bridgehead atoms. The van der Waals surface area contributed by atoms with E-state index in [9.17, 15) is 9.59 Å². The molecule has 0 saturated heterocycles. The van der Waals surface area contributed by atoms with Gasteiger partial charge in [-0.2, -0.15) is 0 Å². The first-order valence-electron chi connectivity index (χ1n) is 6.44. The highest BCUT2D eigenvalue weighted by Crippen LogP contribution is 2.31. The fraction of sp³-hybridized carbons (Fsp3) is 0.636. The van der Waals surface area contributed by atoms with Gasteiger partial charge in [-0.1, -0.05) is 23.1 Å². The Morgan fingerprint density at radius 3 is 2.85 bits per heavy atom. The predicted octanol–water partition coefficient (Wildman–Crippen LogP) is 1.44. The van der Waals surface area contributed by atoms with Crippen molar-refractivity contribution in [3.05, 3.63) is 0 Å². The number of thioether (sulfide) groups is 1. The molecule has 1 atom stereocenters. The smallest absolute Gasteiger partial charge is 0.321 e. The van der Waals surface area contributed by atoms with Crippen LogP contribution in [0, 0.1) is 0 Å². The molecule has 110 valence electrons. The number of aromatic nitrogens is 2. The van der Waals surface area contributed by atoms with Crippen LogP contribution in [-0.2, 0) is 4.79 Å². The molecule has 9 heteroatoms. The lowest BCUT2D eigenvalue weighted by atomic mass is 10.4. The molecule has 0 spiro atoms. The number of nitrogens with zero attached hydrogens (tertiary/aromatic N) is 2. The van der Waals surface area contributed by atoms with E-state index in [0.29, 0.717) is 16.9 Å². The molecular formula is C11H17N5O2S2. The highest BCUT2D eigenvalue weighted by atomic mass is 32.2. The molecule has 3 amide bonds. The largest absolute Gasteiger partial charge is 0.357 e. The van der Waals surface area contributed by atoms with Crippen molar-refractivity contribution in [2.75, 3.05) is 11.9 Å². The Bertz CT molecular complexity index is 489. The number of imide groups is 1. The van der Waals surface area contributed by atoms with Crippen LogP contribution in [-0.4, -0.2) is 40.0 Å². The molecule has 7 nitrogen and oxygen atoms in total. The Labute approximate surface area is 125 Å². The molecule has 0 aliphatic heterocycles. The SMILES string of the molecule is CCNC(=O)NC(=O)C(C)Sc1nnc(NC2CC2)s1. The Kier molecular flexibility index (Phi) is 5.18. The molecule has 1 saturated carbocycles. The summed E-state index contributed by atoms with van der Waals surface area (Å²) >= 11 is 2.72. The van der Waals surface area contributed by atoms with Crippen LogP contribution in [0.4, 0.5) is 9.93 Å². The standard InChI is InChI=1S/C11H17N5O2S2/c1-3-12-9(18)14-8(17)6(2)19-11-16-15-10(20-11)13-7-4-5-7/h6-7H,3-5H2,1-2H3,(H,13,15)(H2,12,14,17,18). The molecule has 0 aromatic carbocycles. The van der Waals surface area contributed by atoms with Crippen LogP contribution in [0.2, 0.25) is 0 Å². The van der Waals surface area contributed by atoms with E-state index in [0.717, 1.165) is 5.13 Å². The number of carbonyl (C=O) groups is 2. The maximum atomic E-state index is 11.8. The van der Waals surface area contributed by atoms with Gasteiger partial charge in [0.1, 0.15) is 0 Å². The van der Waals surface area contributed by atoms with Crippen LogP contribution in [0.5, 0.6) is 0 Å². The minimum absolute atomic E-state index is 0.340. The second-order valence-corrected chi connectivity index (χ2v) is 6.97. The van der Waals surface area contributed by atoms with Gasteiger partial charge >= 0.3 is 6.03 Å². The summed E-state index contributed by atoms with van der Waals surface area (Å²) in [5.41, 5.74) is 0. The first-order chi connectivity index (χ1) is 9.58. The van der Waals surface area contributed by atoms with Gasteiger partial charge in [-0.05, 0) is 26.7 Å². The first kappa shape index (κ1) is 15.0. The lowest BCUT2D eigenvalue weighted by molar-refractivity contribution is -0.119. The average molecular weight is 315 g/mol. The maximum Gasteiger partial charge on any atom is 0.321 e. The summed E-state index contributed by atoms with van der Waals surface area (Å²) in [5, 5.41) is 16.5. The van der Waals surface area contributed by atoms with Crippen molar-refractivity contribution in [2.24, 2.45) is 0 Å². The molecule has 1 heterocycles. The Morgan fingerprint density at radius 1 is 1.45 bits per heavy atom. The van der Waals surface area contributed by atoms with E-state index in [2.05, 4.69) is 26.1 Å². The van der Waals surface area contributed by atoms with Crippen molar-refractivity contribution in [3.8, 4) is 0 Å². The summed E-state index contributed by atoms with van der Waals surface area (Å²) in [6, 6.07) is 0.0533. The number of rotatable bonds is 6. The molecule has 20 heavy (non-hydrogen) atoms. The zero-order valence-corrected chi connectivity index (χ0v) is 12.9. The third kappa shape index (κ3) is 4.64. The van der Waals surface area contributed by atoms with Gasteiger partial charge in [0.15, 0.2) is 4.34 Å². The summed E-state index contributed by atoms with van der Waals surface area (Å²) in [7, 11) is 0. The van der Waals surface area contributed by atoms with E-state index in [1.807, 2.05) is 0 Å². The molecule has 1 aromatic rings. The van der Waals surface area contributed by atoms with Gasteiger partial charge in [0.2, 0.25) is 11.0 Å². The number of urea groups is 1. The first-order valence-corrected chi connectivity index (χ1v) is 8.13. The van der Waals surface area contributed by atoms with E-state index < -0.39 is 11.3 Å². The number of hydrogen-bond acceptors (Lipinski definition) is 7. The predicted molar refractivity (Wildman–Crippen MR) is 79.1 cm³/mol. The quantitative estimate of drug-likeness (QED) is 0.687. The summed E-state index contributed by atoms with van der Waals surface area (Å²) in [6.45, 7) is 4.00. The summed E-state index contributed by atoms with van der Waals surface area (Å²) in [5.74, 6) is -0.340. The summed E-state index contributed by atoms with van der Waals surface area (Å²) in [6.07, 6.45) is 2.35. The topological polar surface area (TPSA) is 96.0 Å². The number of nitrogens with one attached hydrogen (secondary N) is 3. The third-order valence-electron chi connectivity index (χ3n) is 2.53.